The number of rotatable bonds is 6. The third kappa shape index (κ3) is 4.11. The molecule has 0 atom stereocenters. The van der Waals surface area contributed by atoms with Gasteiger partial charge in [-0.1, -0.05) is 59.6 Å². The number of nitrogens with zero attached hydrogens (tertiary/aromatic N) is 1. The van der Waals surface area contributed by atoms with Crippen LogP contribution < -0.4 is 4.83 Å². The van der Waals surface area contributed by atoms with E-state index in [1.165, 1.54) is 5.56 Å². The third-order valence-electron chi connectivity index (χ3n) is 5.29. The van der Waals surface area contributed by atoms with Gasteiger partial charge in [-0.2, -0.15) is 13.5 Å². The van der Waals surface area contributed by atoms with Crippen molar-refractivity contribution in [2.24, 2.45) is 11.0 Å². The van der Waals surface area contributed by atoms with Crippen LogP contribution in [0.1, 0.15) is 44.2 Å². The lowest BCUT2D eigenvalue weighted by Crippen LogP contribution is -2.47. The highest BCUT2D eigenvalue weighted by atomic mass is 79.9. The summed E-state index contributed by atoms with van der Waals surface area (Å²) < 4.78 is 26.3. The van der Waals surface area contributed by atoms with Gasteiger partial charge in [0, 0.05) is 15.6 Å². The van der Waals surface area contributed by atoms with Gasteiger partial charge in [0.25, 0.3) is 10.0 Å². The maximum atomic E-state index is 12.6. The van der Waals surface area contributed by atoms with Gasteiger partial charge in [-0.25, -0.2) is 4.83 Å². The quantitative estimate of drug-likeness (QED) is 0.489. The number of hydrogen-bond donors (Lipinski definition) is 1. The minimum atomic E-state index is -3.68. The first-order valence-corrected chi connectivity index (χ1v) is 11.5. The Morgan fingerprint density at radius 3 is 2.44 bits per heavy atom. The van der Waals surface area contributed by atoms with Gasteiger partial charge in [0.05, 0.1) is 4.90 Å². The van der Waals surface area contributed by atoms with E-state index in [0.717, 1.165) is 28.6 Å². The van der Waals surface area contributed by atoms with E-state index in [2.05, 4.69) is 44.9 Å². The van der Waals surface area contributed by atoms with E-state index >= 15 is 0 Å². The molecule has 0 amide bonds. The van der Waals surface area contributed by atoms with Crippen molar-refractivity contribution in [1.29, 1.82) is 0 Å². The first-order valence-electron chi connectivity index (χ1n) is 9.18. The normalized spacial score (nSPS) is 23.0. The lowest BCUT2D eigenvalue weighted by molar-refractivity contribution is 0.226. The molecule has 1 N–H and O–H groups in total. The fraction of sp³-hybridized carbons (Fsp3) is 0.381. The van der Waals surface area contributed by atoms with Gasteiger partial charge >= 0.3 is 0 Å². The molecule has 2 aromatic carbocycles. The number of sulfonamides is 1. The molecule has 1 fully saturated rings. The fourth-order valence-corrected chi connectivity index (χ4v) is 5.19. The van der Waals surface area contributed by atoms with Crippen LogP contribution in [0, 0.1) is 12.8 Å². The second-order valence-electron chi connectivity index (χ2n) is 7.43. The van der Waals surface area contributed by atoms with Gasteiger partial charge in [-0.05, 0) is 61.9 Å². The predicted molar refractivity (Wildman–Crippen MR) is 113 cm³/mol. The number of nitrogens with one attached hydrogen (secondary N) is 1. The predicted octanol–water partition coefficient (Wildman–Crippen LogP) is 5.17. The van der Waals surface area contributed by atoms with Gasteiger partial charge in [-0.3, -0.25) is 0 Å². The summed E-state index contributed by atoms with van der Waals surface area (Å²) >= 11 is 3.55. The average Bonchev–Trinajstić information content (AvgIpc) is 2.60. The van der Waals surface area contributed by atoms with Crippen LogP contribution in [-0.2, 0) is 15.4 Å². The van der Waals surface area contributed by atoms with Crippen molar-refractivity contribution < 1.29 is 8.42 Å². The Balaban J connectivity index is 1.93. The summed E-state index contributed by atoms with van der Waals surface area (Å²) in [6, 6.07) is 15.0. The van der Waals surface area contributed by atoms with Crippen molar-refractivity contribution in [3.05, 3.63) is 64.1 Å². The van der Waals surface area contributed by atoms with E-state index in [-0.39, 0.29) is 10.3 Å². The zero-order valence-corrected chi connectivity index (χ0v) is 18.3. The average molecular weight is 449 g/mol. The molecule has 6 heteroatoms. The summed E-state index contributed by atoms with van der Waals surface area (Å²) in [5, 5.41) is 4.41. The molecule has 27 heavy (non-hydrogen) atoms. The molecule has 0 bridgehead atoms. The van der Waals surface area contributed by atoms with Crippen molar-refractivity contribution >= 4 is 31.7 Å². The molecule has 0 heterocycles. The second-order valence-corrected chi connectivity index (χ2v) is 10.0. The first kappa shape index (κ1) is 20.1. The van der Waals surface area contributed by atoms with Crippen LogP contribution in [0.15, 0.2) is 63.0 Å². The molecule has 1 aliphatic rings. The van der Waals surface area contributed by atoms with E-state index < -0.39 is 10.0 Å². The Morgan fingerprint density at radius 1 is 1.22 bits per heavy atom. The van der Waals surface area contributed by atoms with Crippen molar-refractivity contribution in [2.45, 2.75) is 50.3 Å². The smallest absolute Gasteiger partial charge is 0.200 e. The van der Waals surface area contributed by atoms with Crippen LogP contribution in [0.25, 0.3) is 0 Å². The number of halogens is 1. The summed E-state index contributed by atoms with van der Waals surface area (Å²) in [4.78, 5) is 2.69. The molecule has 4 nitrogen and oxygen atoms in total. The standard InChI is InChI=1S/C21H25BrN2O2S/c1-4-20(23-24-27(25,26)19-10-8-15(2)9-11-19)21(13-16(3)14-21)17-6-5-7-18(22)12-17/h5-12,16,24H,4,13-14H2,1-3H3/b23-20+. The zero-order valence-electron chi connectivity index (χ0n) is 15.9. The number of hydrazone groups is 1. The van der Waals surface area contributed by atoms with Crippen LogP contribution in [0.4, 0.5) is 0 Å². The van der Waals surface area contributed by atoms with Gasteiger partial charge < -0.3 is 0 Å². The Morgan fingerprint density at radius 2 is 1.89 bits per heavy atom. The van der Waals surface area contributed by atoms with Gasteiger partial charge in [0.1, 0.15) is 0 Å². The third-order valence-corrected chi connectivity index (χ3v) is 7.01. The molecule has 0 aliphatic heterocycles. The van der Waals surface area contributed by atoms with Crippen molar-refractivity contribution in [1.82, 2.24) is 4.83 Å². The SMILES string of the molecule is CC/C(=N\NS(=O)(=O)c1ccc(C)cc1)C1(c2cccc(Br)c2)CC(C)C1. The van der Waals surface area contributed by atoms with E-state index in [9.17, 15) is 8.42 Å². The van der Waals surface area contributed by atoms with Gasteiger partial charge in [0.15, 0.2) is 0 Å². The molecule has 144 valence electrons. The molecule has 3 rings (SSSR count). The summed E-state index contributed by atoms with van der Waals surface area (Å²) in [6.07, 6.45) is 2.64. The molecule has 0 aromatic heterocycles. The highest BCUT2D eigenvalue weighted by Gasteiger charge is 2.47. The maximum Gasteiger partial charge on any atom is 0.276 e. The van der Waals surface area contributed by atoms with Crippen LogP contribution in [0.2, 0.25) is 0 Å². The minimum absolute atomic E-state index is 0.201. The highest BCUT2D eigenvalue weighted by Crippen LogP contribution is 2.49. The van der Waals surface area contributed by atoms with E-state index in [4.69, 9.17) is 0 Å². The van der Waals surface area contributed by atoms with Crippen LogP contribution in [-0.4, -0.2) is 14.1 Å². The summed E-state index contributed by atoms with van der Waals surface area (Å²) in [6.45, 7) is 6.18. The Kier molecular flexibility index (Phi) is 5.77. The number of benzene rings is 2. The Hall–Kier alpha value is -1.66. The zero-order chi connectivity index (χ0) is 19.7. The van der Waals surface area contributed by atoms with E-state index in [1.54, 1.807) is 24.3 Å². The number of aryl methyl sites for hydroxylation is 1. The Bertz CT molecular complexity index is 946. The fourth-order valence-electron chi connectivity index (χ4n) is 3.96. The van der Waals surface area contributed by atoms with E-state index in [0.29, 0.717) is 12.3 Å². The molecule has 0 spiro atoms. The maximum absolute atomic E-state index is 12.6. The van der Waals surface area contributed by atoms with Crippen molar-refractivity contribution in [3.8, 4) is 0 Å². The molecule has 1 aliphatic carbocycles. The monoisotopic (exact) mass is 448 g/mol. The lowest BCUT2D eigenvalue weighted by Gasteiger charge is -2.47. The molecular weight excluding hydrogens is 424 g/mol. The molecule has 0 saturated heterocycles. The molecule has 1 saturated carbocycles. The Labute approximate surface area is 170 Å². The van der Waals surface area contributed by atoms with Gasteiger partial charge in [0.2, 0.25) is 0 Å². The molecule has 0 unspecified atom stereocenters. The van der Waals surface area contributed by atoms with Crippen LogP contribution >= 0.6 is 15.9 Å². The van der Waals surface area contributed by atoms with Crippen molar-refractivity contribution in [3.63, 3.8) is 0 Å². The topological polar surface area (TPSA) is 58.5 Å². The van der Waals surface area contributed by atoms with Crippen LogP contribution in [0.5, 0.6) is 0 Å². The summed E-state index contributed by atoms with van der Waals surface area (Å²) in [5.74, 6) is 0.592. The first-order chi connectivity index (χ1) is 12.8. The molecular formula is C21H25BrN2O2S. The van der Waals surface area contributed by atoms with E-state index in [1.807, 2.05) is 26.0 Å². The minimum Gasteiger partial charge on any atom is -0.200 e. The largest absolute Gasteiger partial charge is 0.276 e. The molecule has 0 radical (unpaired) electrons. The number of hydrogen-bond acceptors (Lipinski definition) is 3. The lowest BCUT2D eigenvalue weighted by atomic mass is 9.56. The van der Waals surface area contributed by atoms with Gasteiger partial charge in [-0.15, -0.1) is 0 Å². The van der Waals surface area contributed by atoms with Crippen LogP contribution in [0.3, 0.4) is 0 Å². The summed E-state index contributed by atoms with van der Waals surface area (Å²) in [7, 11) is -3.68. The van der Waals surface area contributed by atoms with Crippen molar-refractivity contribution in [2.75, 3.05) is 0 Å². The molecule has 2 aromatic rings. The highest BCUT2D eigenvalue weighted by molar-refractivity contribution is 9.10. The second kappa shape index (κ2) is 7.76. The summed E-state index contributed by atoms with van der Waals surface area (Å²) in [5.41, 5.74) is 2.89.